The van der Waals surface area contributed by atoms with Crippen molar-refractivity contribution < 1.29 is 29.7 Å². The van der Waals surface area contributed by atoms with Gasteiger partial charge in [0.2, 0.25) is 0 Å². The SMILES string of the molecule is O=[N+]([O-])OCC1OCC(O[N+](=O)[O-])C1O. The summed E-state index contributed by atoms with van der Waals surface area (Å²) in [6.45, 7) is -0.709. The van der Waals surface area contributed by atoms with E-state index < -0.39 is 35.1 Å². The van der Waals surface area contributed by atoms with E-state index in [2.05, 4.69) is 9.68 Å². The molecule has 0 saturated carbocycles. The van der Waals surface area contributed by atoms with Gasteiger partial charge < -0.3 is 19.5 Å². The highest BCUT2D eigenvalue weighted by Crippen LogP contribution is 2.17. The van der Waals surface area contributed by atoms with Crippen molar-refractivity contribution in [2.75, 3.05) is 13.2 Å². The third-order valence-corrected chi connectivity index (χ3v) is 1.80. The Morgan fingerprint density at radius 3 is 2.60 bits per heavy atom. The van der Waals surface area contributed by atoms with E-state index in [0.717, 1.165) is 0 Å². The van der Waals surface area contributed by atoms with Gasteiger partial charge in [-0.2, -0.15) is 0 Å². The number of aliphatic hydroxyl groups is 1. The summed E-state index contributed by atoms with van der Waals surface area (Å²) in [6, 6.07) is 0. The molecule has 1 fully saturated rings. The molecule has 0 bridgehead atoms. The van der Waals surface area contributed by atoms with E-state index in [9.17, 15) is 25.3 Å². The minimum atomic E-state index is -1.32. The smallest absolute Gasteiger partial charge is 0.294 e. The Labute approximate surface area is 82.5 Å². The van der Waals surface area contributed by atoms with Crippen LogP contribution in [-0.4, -0.2) is 46.8 Å². The molecule has 0 radical (unpaired) electrons. The zero-order valence-electron chi connectivity index (χ0n) is 7.35. The molecule has 1 saturated heterocycles. The average molecular weight is 224 g/mol. The molecule has 10 nitrogen and oxygen atoms in total. The molecule has 1 rings (SSSR count). The van der Waals surface area contributed by atoms with Crippen molar-refractivity contribution in [2.45, 2.75) is 18.3 Å². The van der Waals surface area contributed by atoms with E-state index in [-0.39, 0.29) is 6.61 Å². The number of aliphatic hydroxyl groups excluding tert-OH is 1. The molecule has 0 aromatic heterocycles. The van der Waals surface area contributed by atoms with E-state index in [1.54, 1.807) is 0 Å². The predicted octanol–water partition coefficient (Wildman–Crippen LogP) is -1.47. The van der Waals surface area contributed by atoms with Gasteiger partial charge in [0, 0.05) is 0 Å². The second-order valence-electron chi connectivity index (χ2n) is 2.75. The molecule has 3 atom stereocenters. The summed E-state index contributed by atoms with van der Waals surface area (Å²) >= 11 is 0. The maximum Gasteiger partial charge on any atom is 0.294 e. The number of hydrogen-bond donors (Lipinski definition) is 1. The lowest BCUT2D eigenvalue weighted by Crippen LogP contribution is -2.36. The first kappa shape index (κ1) is 11.4. The molecule has 3 unspecified atom stereocenters. The highest BCUT2D eigenvalue weighted by atomic mass is 17.0. The normalized spacial score (nSPS) is 29.8. The summed E-state index contributed by atoms with van der Waals surface area (Å²) in [6.07, 6.45) is -3.46. The summed E-state index contributed by atoms with van der Waals surface area (Å²) in [5, 5.41) is 27.0. The molecule has 15 heavy (non-hydrogen) atoms. The molecule has 1 heterocycles. The molecule has 1 N–H and O–H groups in total. The van der Waals surface area contributed by atoms with Gasteiger partial charge in [-0.05, 0) is 0 Å². The van der Waals surface area contributed by atoms with Crippen molar-refractivity contribution in [1.82, 2.24) is 0 Å². The monoisotopic (exact) mass is 224 g/mol. The van der Waals surface area contributed by atoms with Gasteiger partial charge >= 0.3 is 0 Å². The van der Waals surface area contributed by atoms with Crippen LogP contribution in [-0.2, 0) is 14.4 Å². The maximum absolute atomic E-state index is 9.95. The third-order valence-electron chi connectivity index (χ3n) is 1.80. The van der Waals surface area contributed by atoms with Gasteiger partial charge in [0.05, 0.1) is 6.61 Å². The molecule has 0 aliphatic carbocycles. The van der Waals surface area contributed by atoms with Crippen molar-refractivity contribution in [3.8, 4) is 0 Å². The first-order valence-corrected chi connectivity index (χ1v) is 3.89. The summed E-state index contributed by atoms with van der Waals surface area (Å²) in [5.41, 5.74) is 0. The van der Waals surface area contributed by atoms with Crippen LogP contribution in [0.5, 0.6) is 0 Å². The van der Waals surface area contributed by atoms with Crippen molar-refractivity contribution >= 4 is 0 Å². The fraction of sp³-hybridized carbons (Fsp3) is 1.00. The number of ether oxygens (including phenoxy) is 1. The van der Waals surface area contributed by atoms with Crippen LogP contribution in [0.3, 0.4) is 0 Å². The standard InChI is InChI=1S/C5H8N2O8/c8-5-3(2-14-6(9)10)13-1-4(5)15-7(11)12/h3-5,8H,1-2H2. The Balaban J connectivity index is 2.38. The molecule has 86 valence electrons. The Bertz CT molecular complexity index is 257. The fourth-order valence-corrected chi connectivity index (χ4v) is 1.14. The number of hydrogen-bond acceptors (Lipinski definition) is 8. The molecule has 0 aromatic rings. The van der Waals surface area contributed by atoms with Gasteiger partial charge in [-0.1, -0.05) is 0 Å². The molecule has 1 aliphatic heterocycles. The maximum atomic E-state index is 9.95. The topological polar surface area (TPSA) is 134 Å². The van der Waals surface area contributed by atoms with Gasteiger partial charge in [-0.25, -0.2) is 0 Å². The Morgan fingerprint density at radius 1 is 1.40 bits per heavy atom. The molecule has 10 heteroatoms. The summed E-state index contributed by atoms with van der Waals surface area (Å²) in [7, 11) is 0. The quantitative estimate of drug-likeness (QED) is 0.441. The van der Waals surface area contributed by atoms with Crippen molar-refractivity contribution in [1.29, 1.82) is 0 Å². The molecule has 1 aliphatic rings. The lowest BCUT2D eigenvalue weighted by Gasteiger charge is -2.14. The molecule has 0 amide bonds. The lowest BCUT2D eigenvalue weighted by molar-refractivity contribution is -0.770. The second-order valence-corrected chi connectivity index (χ2v) is 2.75. The van der Waals surface area contributed by atoms with Crippen LogP contribution in [0, 0.1) is 20.2 Å². The van der Waals surface area contributed by atoms with E-state index in [4.69, 9.17) is 4.74 Å². The van der Waals surface area contributed by atoms with Crippen molar-refractivity contribution in [2.24, 2.45) is 0 Å². The van der Waals surface area contributed by atoms with Gasteiger partial charge in [0.25, 0.3) is 10.2 Å². The van der Waals surface area contributed by atoms with Gasteiger partial charge in [0.1, 0.15) is 18.8 Å². The highest BCUT2D eigenvalue weighted by molar-refractivity contribution is 4.83. The fourth-order valence-electron chi connectivity index (χ4n) is 1.14. The van der Waals surface area contributed by atoms with Crippen LogP contribution < -0.4 is 0 Å². The van der Waals surface area contributed by atoms with Crippen LogP contribution in [0.2, 0.25) is 0 Å². The van der Waals surface area contributed by atoms with E-state index in [1.807, 2.05) is 0 Å². The zero-order valence-corrected chi connectivity index (χ0v) is 7.35. The van der Waals surface area contributed by atoms with Gasteiger partial charge in [0.15, 0.2) is 6.10 Å². The summed E-state index contributed by atoms with van der Waals surface area (Å²) in [5.74, 6) is 0. The zero-order chi connectivity index (χ0) is 11.4. The Hall–Kier alpha value is -1.68. The second kappa shape index (κ2) is 4.70. The number of nitrogens with zero attached hydrogens (tertiary/aromatic N) is 2. The molecule has 0 aromatic carbocycles. The van der Waals surface area contributed by atoms with Crippen LogP contribution in [0.25, 0.3) is 0 Å². The Kier molecular flexibility index (Phi) is 3.57. The largest absolute Gasteiger partial charge is 0.388 e. The van der Waals surface area contributed by atoms with E-state index in [1.165, 1.54) is 0 Å². The van der Waals surface area contributed by atoms with Crippen LogP contribution >= 0.6 is 0 Å². The lowest BCUT2D eigenvalue weighted by atomic mass is 10.2. The van der Waals surface area contributed by atoms with Crippen LogP contribution in [0.1, 0.15) is 0 Å². The minimum absolute atomic E-state index is 0.214. The van der Waals surface area contributed by atoms with Crippen molar-refractivity contribution in [3.63, 3.8) is 0 Å². The highest BCUT2D eigenvalue weighted by Gasteiger charge is 2.39. The number of rotatable bonds is 5. The van der Waals surface area contributed by atoms with Gasteiger partial charge in [-0.3, -0.25) is 0 Å². The first-order valence-electron chi connectivity index (χ1n) is 3.89. The van der Waals surface area contributed by atoms with Crippen molar-refractivity contribution in [3.05, 3.63) is 20.2 Å². The summed E-state index contributed by atoms with van der Waals surface area (Å²) < 4.78 is 4.82. The molecular weight excluding hydrogens is 216 g/mol. The molecule has 0 spiro atoms. The van der Waals surface area contributed by atoms with E-state index in [0.29, 0.717) is 0 Å². The first-order chi connectivity index (χ1) is 7.00. The van der Waals surface area contributed by atoms with Gasteiger partial charge in [-0.15, -0.1) is 20.2 Å². The molecular formula is C5H8N2O8. The predicted molar refractivity (Wildman–Crippen MR) is 40.6 cm³/mol. The van der Waals surface area contributed by atoms with Crippen LogP contribution in [0.15, 0.2) is 0 Å². The van der Waals surface area contributed by atoms with E-state index >= 15 is 0 Å². The van der Waals surface area contributed by atoms with Crippen LogP contribution in [0.4, 0.5) is 0 Å². The Morgan fingerprint density at radius 2 is 2.07 bits per heavy atom. The summed E-state index contributed by atoms with van der Waals surface area (Å²) in [4.78, 5) is 27.8. The third kappa shape index (κ3) is 3.18. The average Bonchev–Trinajstić information content (AvgIpc) is 2.44. The minimum Gasteiger partial charge on any atom is -0.388 e.